The molecule has 0 aliphatic heterocycles. The van der Waals surface area contributed by atoms with Crippen molar-refractivity contribution in [1.82, 2.24) is 4.98 Å². The molecule has 0 aliphatic rings. The first-order chi connectivity index (χ1) is 8.79. The fourth-order valence-corrected chi connectivity index (χ4v) is 4.82. The Bertz CT molecular complexity index is 711. The predicted molar refractivity (Wildman–Crippen MR) is 81.2 cm³/mol. The summed E-state index contributed by atoms with van der Waals surface area (Å²) in [6, 6.07) is 3.02. The maximum atomic E-state index is 12.2. The quantitative estimate of drug-likeness (QED) is 0.853. The zero-order valence-electron chi connectivity index (χ0n) is 9.65. The summed E-state index contributed by atoms with van der Waals surface area (Å²) in [4.78, 5) is 3.96. The smallest absolute Gasteiger partial charge is 0.272 e. The van der Waals surface area contributed by atoms with Crippen molar-refractivity contribution in [3.8, 4) is 0 Å². The fourth-order valence-electron chi connectivity index (χ4n) is 1.34. The molecule has 0 radical (unpaired) electrons. The Labute approximate surface area is 128 Å². The van der Waals surface area contributed by atoms with Crippen LogP contribution in [0.4, 0.5) is 11.5 Å². The number of thiophene rings is 1. The maximum absolute atomic E-state index is 12.2. The Morgan fingerprint density at radius 2 is 2.16 bits per heavy atom. The molecule has 0 atom stereocenters. The monoisotopic (exact) mass is 381 g/mol. The molecule has 0 spiro atoms. The van der Waals surface area contributed by atoms with Gasteiger partial charge in [0.1, 0.15) is 10.0 Å². The molecule has 0 saturated heterocycles. The number of nitrogen functional groups attached to an aromatic ring is 1. The second-order valence-corrected chi connectivity index (χ2v) is 8.41. The molecule has 0 amide bonds. The second kappa shape index (κ2) is 5.28. The lowest BCUT2D eigenvalue weighted by atomic mass is 10.3. The Balaban J connectivity index is 2.36. The summed E-state index contributed by atoms with van der Waals surface area (Å²) in [5.74, 6) is 0.245. The van der Waals surface area contributed by atoms with Crippen LogP contribution in [0.5, 0.6) is 0 Å². The van der Waals surface area contributed by atoms with E-state index in [1.54, 1.807) is 13.0 Å². The van der Waals surface area contributed by atoms with Crippen molar-refractivity contribution in [3.63, 3.8) is 0 Å². The third-order valence-corrected chi connectivity index (χ3v) is 6.51. The largest absolute Gasteiger partial charge is 0.397 e. The van der Waals surface area contributed by atoms with E-state index < -0.39 is 10.0 Å². The second-order valence-electron chi connectivity index (χ2n) is 3.73. The van der Waals surface area contributed by atoms with E-state index in [1.807, 2.05) is 0 Å². The van der Waals surface area contributed by atoms with Gasteiger partial charge in [-0.15, -0.1) is 11.3 Å². The molecule has 102 valence electrons. The van der Waals surface area contributed by atoms with Gasteiger partial charge in [-0.2, -0.15) is 0 Å². The van der Waals surface area contributed by atoms with Gasteiger partial charge in [0.2, 0.25) is 0 Å². The van der Waals surface area contributed by atoms with Crippen molar-refractivity contribution in [3.05, 3.63) is 32.7 Å². The van der Waals surface area contributed by atoms with Crippen molar-refractivity contribution in [2.75, 3.05) is 10.5 Å². The van der Waals surface area contributed by atoms with Gasteiger partial charge in [0.25, 0.3) is 10.0 Å². The van der Waals surface area contributed by atoms with E-state index in [1.165, 1.54) is 12.3 Å². The van der Waals surface area contributed by atoms with Crippen molar-refractivity contribution >= 4 is 60.4 Å². The highest BCUT2D eigenvalue weighted by Crippen LogP contribution is 2.35. The van der Waals surface area contributed by atoms with Gasteiger partial charge in [-0.1, -0.05) is 11.6 Å². The van der Waals surface area contributed by atoms with Crippen LogP contribution in [0.25, 0.3) is 0 Å². The molecule has 9 heteroatoms. The molecule has 2 aromatic heterocycles. The SMILES string of the molecule is Cc1cc(N)cnc1NS(=O)(=O)c1cc(Cl)c(Br)s1. The molecule has 19 heavy (non-hydrogen) atoms. The van der Waals surface area contributed by atoms with Crippen LogP contribution in [0.3, 0.4) is 0 Å². The van der Waals surface area contributed by atoms with Crippen LogP contribution in [0.2, 0.25) is 5.02 Å². The molecule has 5 nitrogen and oxygen atoms in total. The number of nitrogens with one attached hydrogen (secondary N) is 1. The van der Waals surface area contributed by atoms with Crippen molar-refractivity contribution in [2.45, 2.75) is 11.1 Å². The number of pyridine rings is 1. The fraction of sp³-hybridized carbons (Fsp3) is 0.100. The Morgan fingerprint density at radius 3 is 2.68 bits per heavy atom. The number of hydrogen-bond acceptors (Lipinski definition) is 5. The molecule has 0 aromatic carbocycles. The number of nitrogens with zero attached hydrogens (tertiary/aromatic N) is 1. The van der Waals surface area contributed by atoms with E-state index in [-0.39, 0.29) is 10.0 Å². The van der Waals surface area contributed by atoms with Gasteiger partial charge in [-0.3, -0.25) is 4.72 Å². The number of sulfonamides is 1. The van der Waals surface area contributed by atoms with Crippen LogP contribution in [0, 0.1) is 6.92 Å². The van der Waals surface area contributed by atoms with E-state index in [2.05, 4.69) is 25.6 Å². The summed E-state index contributed by atoms with van der Waals surface area (Å²) < 4.78 is 27.4. The highest BCUT2D eigenvalue weighted by molar-refractivity contribution is 9.11. The van der Waals surface area contributed by atoms with Crippen molar-refractivity contribution in [2.24, 2.45) is 0 Å². The number of hydrogen-bond donors (Lipinski definition) is 2. The lowest BCUT2D eigenvalue weighted by Crippen LogP contribution is -2.13. The van der Waals surface area contributed by atoms with Crippen molar-refractivity contribution in [1.29, 1.82) is 0 Å². The molecule has 2 rings (SSSR count). The Kier molecular flexibility index (Phi) is 4.05. The summed E-state index contributed by atoms with van der Waals surface area (Å²) in [5.41, 5.74) is 6.68. The van der Waals surface area contributed by atoms with Gasteiger partial charge in [-0.05, 0) is 40.5 Å². The van der Waals surface area contributed by atoms with E-state index in [0.29, 0.717) is 20.1 Å². The highest BCUT2D eigenvalue weighted by Gasteiger charge is 2.20. The molecule has 0 aliphatic carbocycles. The summed E-state index contributed by atoms with van der Waals surface area (Å²) in [6.07, 6.45) is 1.39. The van der Waals surface area contributed by atoms with Gasteiger partial charge in [0.05, 0.1) is 20.7 Å². The number of aromatic nitrogens is 1. The first kappa shape index (κ1) is 14.6. The summed E-state index contributed by atoms with van der Waals surface area (Å²) in [5, 5.41) is 0.354. The van der Waals surface area contributed by atoms with E-state index in [0.717, 1.165) is 11.3 Å². The number of rotatable bonds is 3. The van der Waals surface area contributed by atoms with Crippen LogP contribution in [-0.4, -0.2) is 13.4 Å². The number of nitrogens with two attached hydrogens (primary N) is 1. The van der Waals surface area contributed by atoms with E-state index in [4.69, 9.17) is 17.3 Å². The molecule has 2 heterocycles. The lowest BCUT2D eigenvalue weighted by molar-refractivity contribution is 0.603. The Morgan fingerprint density at radius 1 is 1.47 bits per heavy atom. The molecule has 0 unspecified atom stereocenters. The lowest BCUT2D eigenvalue weighted by Gasteiger charge is -2.08. The van der Waals surface area contributed by atoms with Gasteiger partial charge in [-0.25, -0.2) is 13.4 Å². The standard InChI is InChI=1S/C10H9BrClN3O2S2/c1-5-2-6(13)4-14-10(5)15-19(16,17)8-3-7(12)9(11)18-8/h2-4H,13H2,1H3,(H,14,15). The van der Waals surface area contributed by atoms with Crippen LogP contribution in [0.1, 0.15) is 5.56 Å². The molecule has 2 aromatic rings. The summed E-state index contributed by atoms with van der Waals surface area (Å²) in [6.45, 7) is 1.72. The minimum Gasteiger partial charge on any atom is -0.397 e. The van der Waals surface area contributed by atoms with Gasteiger partial charge >= 0.3 is 0 Å². The molecule has 0 saturated carbocycles. The van der Waals surface area contributed by atoms with Crippen LogP contribution < -0.4 is 10.5 Å². The summed E-state index contributed by atoms with van der Waals surface area (Å²) >= 11 is 10.0. The van der Waals surface area contributed by atoms with Crippen LogP contribution in [-0.2, 0) is 10.0 Å². The molecule has 0 fully saturated rings. The molecular weight excluding hydrogens is 374 g/mol. The predicted octanol–water partition coefficient (Wildman–Crippen LogP) is 3.25. The Hall–Kier alpha value is -0.830. The van der Waals surface area contributed by atoms with Crippen LogP contribution >= 0.6 is 38.9 Å². The highest BCUT2D eigenvalue weighted by atomic mass is 79.9. The maximum Gasteiger partial charge on any atom is 0.272 e. The first-order valence-electron chi connectivity index (χ1n) is 4.99. The first-order valence-corrected chi connectivity index (χ1v) is 8.46. The molecule has 3 N–H and O–H groups in total. The number of halogens is 2. The van der Waals surface area contributed by atoms with Gasteiger partial charge in [0.15, 0.2) is 0 Å². The van der Waals surface area contributed by atoms with E-state index >= 15 is 0 Å². The van der Waals surface area contributed by atoms with Gasteiger partial charge in [0, 0.05) is 0 Å². The number of aryl methyl sites for hydroxylation is 1. The van der Waals surface area contributed by atoms with E-state index in [9.17, 15) is 8.42 Å². The van der Waals surface area contributed by atoms with Crippen molar-refractivity contribution < 1.29 is 8.42 Å². The summed E-state index contributed by atoms with van der Waals surface area (Å²) in [7, 11) is -3.70. The topological polar surface area (TPSA) is 85.1 Å². The van der Waals surface area contributed by atoms with Gasteiger partial charge < -0.3 is 5.73 Å². The third-order valence-electron chi connectivity index (χ3n) is 2.22. The molecule has 0 bridgehead atoms. The minimum atomic E-state index is -3.70. The number of anilines is 2. The average Bonchev–Trinajstić information content (AvgIpc) is 2.64. The molecular formula is C10H9BrClN3O2S2. The average molecular weight is 383 g/mol. The minimum absolute atomic E-state index is 0.113. The van der Waals surface area contributed by atoms with Crippen LogP contribution in [0.15, 0.2) is 26.3 Å². The zero-order valence-corrected chi connectivity index (χ0v) is 13.6. The third kappa shape index (κ3) is 3.19. The normalized spacial score (nSPS) is 11.5. The zero-order chi connectivity index (χ0) is 14.2.